The van der Waals surface area contributed by atoms with E-state index >= 15 is 0 Å². The van der Waals surface area contributed by atoms with Gasteiger partial charge in [0.1, 0.15) is 11.5 Å². The predicted molar refractivity (Wildman–Crippen MR) is 149 cm³/mol. The standard InChI is InChI=1S/C31H27FN6/c1-19-9-21(12-24(32)10-19)25-5-4-6-28-26(25)14-29(35-28)30-27-13-23(17-34-31(27)37-36-30)22-11-20(15-33-16-22)18-38-7-2-3-8-38/h4-6,9-17,35H,2-3,7-8,18H2,1H3,(H,34,36,37). The van der Waals surface area contributed by atoms with Gasteiger partial charge >= 0.3 is 0 Å². The molecule has 2 aromatic carbocycles. The summed E-state index contributed by atoms with van der Waals surface area (Å²) in [6, 6.07) is 17.6. The van der Waals surface area contributed by atoms with Gasteiger partial charge in [0, 0.05) is 52.6 Å². The van der Waals surface area contributed by atoms with Gasteiger partial charge in [0.25, 0.3) is 0 Å². The summed E-state index contributed by atoms with van der Waals surface area (Å²) in [6.45, 7) is 5.14. The Balaban J connectivity index is 1.28. The molecule has 0 radical (unpaired) electrons. The van der Waals surface area contributed by atoms with Gasteiger partial charge in [-0.2, -0.15) is 5.10 Å². The first-order chi connectivity index (χ1) is 18.6. The number of rotatable bonds is 5. The molecule has 188 valence electrons. The molecule has 0 saturated carbocycles. The summed E-state index contributed by atoms with van der Waals surface area (Å²) in [6.07, 6.45) is 8.27. The molecule has 0 amide bonds. The second-order valence-electron chi connectivity index (χ2n) is 10.2. The van der Waals surface area contributed by atoms with Crippen molar-refractivity contribution in [2.24, 2.45) is 0 Å². The van der Waals surface area contributed by atoms with Crippen molar-refractivity contribution in [3.8, 4) is 33.6 Å². The molecule has 5 heterocycles. The second-order valence-corrected chi connectivity index (χ2v) is 10.2. The lowest BCUT2D eigenvalue weighted by Gasteiger charge is -2.14. The number of nitrogens with one attached hydrogen (secondary N) is 2. The van der Waals surface area contributed by atoms with Crippen LogP contribution in [0.1, 0.15) is 24.0 Å². The smallest absolute Gasteiger partial charge is 0.155 e. The number of fused-ring (bicyclic) bond motifs is 2. The molecule has 0 bridgehead atoms. The van der Waals surface area contributed by atoms with E-state index in [1.165, 1.54) is 18.4 Å². The number of hydrogen-bond acceptors (Lipinski definition) is 4. The number of nitrogens with zero attached hydrogens (tertiary/aromatic N) is 4. The zero-order valence-electron chi connectivity index (χ0n) is 21.1. The molecule has 0 aliphatic carbocycles. The molecule has 2 N–H and O–H groups in total. The molecule has 7 rings (SSSR count). The largest absolute Gasteiger partial charge is 0.353 e. The number of H-pyrrole nitrogens is 2. The summed E-state index contributed by atoms with van der Waals surface area (Å²) in [5.41, 5.74) is 9.37. The third-order valence-corrected chi connectivity index (χ3v) is 7.42. The van der Waals surface area contributed by atoms with Gasteiger partial charge in [-0.3, -0.25) is 15.0 Å². The topological polar surface area (TPSA) is 73.5 Å². The fourth-order valence-electron chi connectivity index (χ4n) is 5.62. The first-order valence-corrected chi connectivity index (χ1v) is 13.0. The van der Waals surface area contributed by atoms with E-state index in [0.29, 0.717) is 0 Å². The highest BCUT2D eigenvalue weighted by atomic mass is 19.1. The van der Waals surface area contributed by atoms with Crippen LogP contribution in [0.5, 0.6) is 0 Å². The summed E-state index contributed by atoms with van der Waals surface area (Å²) in [4.78, 5) is 15.2. The van der Waals surface area contributed by atoms with Crippen LogP contribution in [0.2, 0.25) is 0 Å². The van der Waals surface area contributed by atoms with E-state index in [-0.39, 0.29) is 5.82 Å². The van der Waals surface area contributed by atoms with Gasteiger partial charge in [-0.15, -0.1) is 0 Å². The van der Waals surface area contributed by atoms with Gasteiger partial charge in [-0.1, -0.05) is 18.2 Å². The fraction of sp³-hybridized carbons (Fsp3) is 0.194. The van der Waals surface area contributed by atoms with E-state index in [1.54, 1.807) is 12.1 Å². The van der Waals surface area contributed by atoms with Crippen molar-refractivity contribution in [2.75, 3.05) is 13.1 Å². The lowest BCUT2D eigenvalue weighted by molar-refractivity contribution is 0.331. The Hall–Kier alpha value is -4.36. The average molecular weight is 503 g/mol. The Morgan fingerprint density at radius 3 is 2.63 bits per heavy atom. The van der Waals surface area contributed by atoms with Crippen LogP contribution in [0.3, 0.4) is 0 Å². The zero-order chi connectivity index (χ0) is 25.6. The number of aromatic nitrogens is 5. The number of likely N-dealkylation sites (tertiary alicyclic amines) is 1. The quantitative estimate of drug-likeness (QED) is 0.270. The first kappa shape index (κ1) is 22.8. The third-order valence-electron chi connectivity index (χ3n) is 7.42. The highest BCUT2D eigenvalue weighted by molar-refractivity contribution is 6.01. The minimum atomic E-state index is -0.233. The van der Waals surface area contributed by atoms with Crippen LogP contribution in [-0.4, -0.2) is 43.1 Å². The number of aromatic amines is 2. The highest BCUT2D eigenvalue weighted by Crippen LogP contribution is 2.35. The predicted octanol–water partition coefficient (Wildman–Crippen LogP) is 6.88. The van der Waals surface area contributed by atoms with Gasteiger partial charge < -0.3 is 4.98 Å². The maximum atomic E-state index is 14.2. The van der Waals surface area contributed by atoms with E-state index < -0.39 is 0 Å². The average Bonchev–Trinajstić information content (AvgIpc) is 3.67. The molecule has 6 nitrogen and oxygen atoms in total. The Bertz CT molecular complexity index is 1770. The Morgan fingerprint density at radius 1 is 0.895 bits per heavy atom. The van der Waals surface area contributed by atoms with E-state index in [9.17, 15) is 4.39 Å². The van der Waals surface area contributed by atoms with E-state index in [2.05, 4.69) is 48.2 Å². The molecule has 7 heteroatoms. The van der Waals surface area contributed by atoms with Crippen LogP contribution >= 0.6 is 0 Å². The summed E-state index contributed by atoms with van der Waals surface area (Å²) in [5, 5.41) is 9.64. The maximum absolute atomic E-state index is 14.2. The molecular weight excluding hydrogens is 475 g/mol. The number of aryl methyl sites for hydroxylation is 1. The minimum Gasteiger partial charge on any atom is -0.353 e. The van der Waals surface area contributed by atoms with Crippen LogP contribution in [0, 0.1) is 12.7 Å². The Morgan fingerprint density at radius 2 is 1.76 bits per heavy atom. The second kappa shape index (κ2) is 9.19. The molecule has 1 fully saturated rings. The van der Waals surface area contributed by atoms with Crippen molar-refractivity contribution in [3.05, 3.63) is 90.1 Å². The van der Waals surface area contributed by atoms with E-state index in [1.807, 2.05) is 49.8 Å². The van der Waals surface area contributed by atoms with Crippen molar-refractivity contribution >= 4 is 21.9 Å². The van der Waals surface area contributed by atoms with Gasteiger partial charge in [0.2, 0.25) is 0 Å². The van der Waals surface area contributed by atoms with E-state index in [0.717, 1.165) is 80.8 Å². The van der Waals surface area contributed by atoms with Crippen molar-refractivity contribution < 1.29 is 4.39 Å². The molecule has 0 atom stereocenters. The molecular formula is C31H27FN6. The monoisotopic (exact) mass is 502 g/mol. The SMILES string of the molecule is Cc1cc(F)cc(-c2cccc3[nH]c(-c4n[nH]c5ncc(-c6cncc(CN7CCCC7)c6)cc45)cc23)c1. The Labute approximate surface area is 219 Å². The third kappa shape index (κ3) is 4.15. The molecule has 0 unspecified atom stereocenters. The molecule has 1 saturated heterocycles. The highest BCUT2D eigenvalue weighted by Gasteiger charge is 2.16. The minimum absolute atomic E-state index is 0.233. The number of hydrogen-bond donors (Lipinski definition) is 2. The molecule has 38 heavy (non-hydrogen) atoms. The molecule has 6 aromatic rings. The molecule has 0 spiro atoms. The van der Waals surface area contributed by atoms with Crippen LogP contribution < -0.4 is 0 Å². The van der Waals surface area contributed by atoms with Gasteiger partial charge in [-0.25, -0.2) is 9.37 Å². The van der Waals surface area contributed by atoms with Crippen LogP contribution in [0.15, 0.2) is 73.2 Å². The summed E-state index contributed by atoms with van der Waals surface area (Å²) in [5.74, 6) is -0.233. The van der Waals surface area contributed by atoms with E-state index in [4.69, 9.17) is 0 Å². The summed E-state index contributed by atoms with van der Waals surface area (Å²) in [7, 11) is 0. The van der Waals surface area contributed by atoms with Crippen LogP contribution in [-0.2, 0) is 6.54 Å². The summed E-state index contributed by atoms with van der Waals surface area (Å²) < 4.78 is 14.2. The molecule has 1 aliphatic heterocycles. The van der Waals surface area contributed by atoms with Crippen molar-refractivity contribution in [1.82, 2.24) is 30.0 Å². The first-order valence-electron chi connectivity index (χ1n) is 13.0. The molecule has 4 aromatic heterocycles. The van der Waals surface area contributed by atoms with Crippen molar-refractivity contribution in [3.63, 3.8) is 0 Å². The molecule has 1 aliphatic rings. The van der Waals surface area contributed by atoms with Gasteiger partial charge in [-0.05, 0) is 91.5 Å². The van der Waals surface area contributed by atoms with Crippen molar-refractivity contribution in [2.45, 2.75) is 26.3 Å². The summed E-state index contributed by atoms with van der Waals surface area (Å²) >= 11 is 0. The lowest BCUT2D eigenvalue weighted by Crippen LogP contribution is -2.18. The van der Waals surface area contributed by atoms with Crippen LogP contribution in [0.25, 0.3) is 55.6 Å². The van der Waals surface area contributed by atoms with Crippen LogP contribution in [0.4, 0.5) is 4.39 Å². The lowest BCUT2D eigenvalue weighted by atomic mass is 9.99. The normalized spacial score (nSPS) is 14.2. The number of pyridine rings is 2. The van der Waals surface area contributed by atoms with Gasteiger partial charge in [0.15, 0.2) is 5.65 Å². The fourth-order valence-corrected chi connectivity index (χ4v) is 5.62. The zero-order valence-corrected chi connectivity index (χ0v) is 21.1. The maximum Gasteiger partial charge on any atom is 0.155 e. The number of benzene rings is 2. The van der Waals surface area contributed by atoms with Gasteiger partial charge in [0.05, 0.1) is 5.69 Å². The Kier molecular flexibility index (Phi) is 5.51. The van der Waals surface area contributed by atoms with Crippen molar-refractivity contribution in [1.29, 1.82) is 0 Å². The number of halogens is 1.